The van der Waals surface area contributed by atoms with Crippen LogP contribution >= 0.6 is 0 Å². The van der Waals surface area contributed by atoms with E-state index in [1.807, 2.05) is 0 Å². The first-order valence-electron chi connectivity index (χ1n) is 4.15. The molecule has 0 saturated heterocycles. The summed E-state index contributed by atoms with van der Waals surface area (Å²) >= 11 is 0. The number of hydrogen-bond donors (Lipinski definition) is 1. The highest BCUT2D eigenvalue weighted by molar-refractivity contribution is 5.99. The number of hydrogen-bond acceptors (Lipinski definition) is 4. The van der Waals surface area contributed by atoms with Gasteiger partial charge in [0.1, 0.15) is 0 Å². The number of carbonyl (C=O) groups excluding carboxylic acids is 1. The van der Waals surface area contributed by atoms with E-state index in [2.05, 4.69) is 0 Å². The van der Waals surface area contributed by atoms with Gasteiger partial charge >= 0.3 is 5.69 Å². The SMILES string of the molecule is CC(=O)c1cc(C(F)F)cc(O)c1[N+](=O)[O-]. The summed E-state index contributed by atoms with van der Waals surface area (Å²) < 4.78 is 24.7. The zero-order valence-corrected chi connectivity index (χ0v) is 8.11. The second-order valence-corrected chi connectivity index (χ2v) is 3.05. The van der Waals surface area contributed by atoms with Gasteiger partial charge in [-0.1, -0.05) is 0 Å². The van der Waals surface area contributed by atoms with E-state index in [1.165, 1.54) is 0 Å². The zero-order valence-electron chi connectivity index (χ0n) is 8.11. The molecule has 0 bridgehead atoms. The lowest BCUT2D eigenvalue weighted by atomic mass is 10.0. The molecule has 1 aromatic rings. The number of alkyl halides is 2. The average Bonchev–Trinajstić information content (AvgIpc) is 2.15. The number of ketones is 1. The van der Waals surface area contributed by atoms with Crippen LogP contribution in [0.1, 0.15) is 29.3 Å². The lowest BCUT2D eigenvalue weighted by Crippen LogP contribution is -2.02. The van der Waals surface area contributed by atoms with E-state index in [9.17, 15) is 28.8 Å². The number of Topliss-reactive ketones (excluding diaryl/α,β-unsaturated/α-hetero) is 1. The second-order valence-electron chi connectivity index (χ2n) is 3.05. The minimum absolute atomic E-state index is 0.527. The molecule has 86 valence electrons. The zero-order chi connectivity index (χ0) is 12.5. The standard InChI is InChI=1S/C9H7F2NO4/c1-4(13)6-2-5(9(10)11)3-7(14)8(6)12(15)16/h2-3,9,14H,1H3. The normalized spacial score (nSPS) is 10.5. The van der Waals surface area contributed by atoms with Crippen molar-refractivity contribution in [3.63, 3.8) is 0 Å². The molecule has 0 aliphatic heterocycles. The maximum Gasteiger partial charge on any atom is 0.321 e. The smallest absolute Gasteiger partial charge is 0.321 e. The van der Waals surface area contributed by atoms with Crippen molar-refractivity contribution in [3.8, 4) is 5.75 Å². The Kier molecular flexibility index (Phi) is 3.17. The molecule has 0 fully saturated rings. The fourth-order valence-corrected chi connectivity index (χ4v) is 1.23. The van der Waals surface area contributed by atoms with Gasteiger partial charge in [0.2, 0.25) is 0 Å². The summed E-state index contributed by atoms with van der Waals surface area (Å²) in [5.74, 6) is -1.70. The van der Waals surface area contributed by atoms with Crippen molar-refractivity contribution in [2.45, 2.75) is 13.3 Å². The summed E-state index contributed by atoms with van der Waals surface area (Å²) in [6.45, 7) is 0.997. The van der Waals surface area contributed by atoms with Crippen LogP contribution in [0.15, 0.2) is 12.1 Å². The summed E-state index contributed by atoms with van der Waals surface area (Å²) in [4.78, 5) is 20.6. The number of nitro benzene ring substituents is 1. The molecule has 0 spiro atoms. The Morgan fingerprint density at radius 3 is 2.44 bits per heavy atom. The molecule has 0 heterocycles. The Morgan fingerprint density at radius 2 is 2.06 bits per heavy atom. The van der Waals surface area contributed by atoms with Gasteiger partial charge in [-0.2, -0.15) is 0 Å². The van der Waals surface area contributed by atoms with Crippen LogP contribution in [0.2, 0.25) is 0 Å². The first kappa shape index (κ1) is 12.0. The first-order valence-corrected chi connectivity index (χ1v) is 4.15. The van der Waals surface area contributed by atoms with E-state index in [0.717, 1.165) is 6.92 Å². The van der Waals surface area contributed by atoms with E-state index >= 15 is 0 Å². The van der Waals surface area contributed by atoms with Crippen molar-refractivity contribution in [2.24, 2.45) is 0 Å². The van der Waals surface area contributed by atoms with Crippen molar-refractivity contribution >= 4 is 11.5 Å². The van der Waals surface area contributed by atoms with Crippen molar-refractivity contribution < 1.29 is 23.6 Å². The van der Waals surface area contributed by atoms with Crippen LogP contribution in [0.25, 0.3) is 0 Å². The second kappa shape index (κ2) is 4.21. The van der Waals surface area contributed by atoms with Crippen LogP contribution in [0.4, 0.5) is 14.5 Å². The van der Waals surface area contributed by atoms with Crippen molar-refractivity contribution in [1.29, 1.82) is 0 Å². The molecule has 0 aliphatic carbocycles. The maximum absolute atomic E-state index is 12.3. The number of phenolic OH excluding ortho intramolecular Hbond substituents is 1. The molecule has 7 heteroatoms. The molecule has 0 radical (unpaired) electrons. The Morgan fingerprint density at radius 1 is 1.50 bits per heavy atom. The molecule has 16 heavy (non-hydrogen) atoms. The van der Waals surface area contributed by atoms with Crippen LogP contribution < -0.4 is 0 Å². The average molecular weight is 231 g/mol. The number of rotatable bonds is 3. The van der Waals surface area contributed by atoms with Crippen LogP contribution in [-0.2, 0) is 0 Å². The molecule has 1 N–H and O–H groups in total. The monoisotopic (exact) mass is 231 g/mol. The minimum Gasteiger partial charge on any atom is -0.502 e. The Labute approximate surface area is 88.5 Å². The molecule has 0 aromatic heterocycles. The number of halogens is 2. The number of carbonyl (C=O) groups is 1. The van der Waals surface area contributed by atoms with Crippen molar-refractivity contribution in [3.05, 3.63) is 33.4 Å². The van der Waals surface area contributed by atoms with Gasteiger partial charge in [0, 0.05) is 5.56 Å². The highest BCUT2D eigenvalue weighted by atomic mass is 19.3. The molecule has 5 nitrogen and oxygen atoms in total. The van der Waals surface area contributed by atoms with Crippen molar-refractivity contribution in [2.75, 3.05) is 0 Å². The summed E-state index contributed by atoms with van der Waals surface area (Å²) in [5.41, 5.74) is -2.01. The predicted molar refractivity (Wildman–Crippen MR) is 49.7 cm³/mol. The van der Waals surface area contributed by atoms with Gasteiger partial charge in [0.05, 0.1) is 10.5 Å². The maximum atomic E-state index is 12.3. The van der Waals surface area contributed by atoms with Crippen LogP contribution in [0, 0.1) is 10.1 Å². The number of aromatic hydroxyl groups is 1. The largest absolute Gasteiger partial charge is 0.502 e. The van der Waals surface area contributed by atoms with E-state index in [0.29, 0.717) is 12.1 Å². The Hall–Kier alpha value is -2.05. The summed E-state index contributed by atoms with van der Waals surface area (Å²) in [5, 5.41) is 19.7. The third-order valence-electron chi connectivity index (χ3n) is 1.93. The molecule has 1 aromatic carbocycles. The minimum atomic E-state index is -2.91. The van der Waals surface area contributed by atoms with Crippen molar-refractivity contribution in [1.82, 2.24) is 0 Å². The molecule has 0 amide bonds. The number of nitro groups is 1. The molecule has 0 aliphatic rings. The van der Waals surface area contributed by atoms with Gasteiger partial charge in [-0.3, -0.25) is 14.9 Å². The van der Waals surface area contributed by atoms with Gasteiger partial charge in [-0.25, -0.2) is 8.78 Å². The van der Waals surface area contributed by atoms with Gasteiger partial charge < -0.3 is 5.11 Å². The fraction of sp³-hybridized carbons (Fsp3) is 0.222. The Balaban J connectivity index is 3.52. The highest BCUT2D eigenvalue weighted by Crippen LogP contribution is 2.34. The number of phenols is 1. The number of benzene rings is 1. The molecule has 0 unspecified atom stereocenters. The van der Waals surface area contributed by atoms with Gasteiger partial charge in [0.25, 0.3) is 6.43 Å². The fourth-order valence-electron chi connectivity index (χ4n) is 1.23. The van der Waals surface area contributed by atoms with E-state index in [1.54, 1.807) is 0 Å². The first-order chi connectivity index (χ1) is 7.34. The summed E-state index contributed by atoms with van der Waals surface area (Å²) in [6, 6.07) is 1.29. The summed E-state index contributed by atoms with van der Waals surface area (Å²) in [6.07, 6.45) is -2.91. The predicted octanol–water partition coefficient (Wildman–Crippen LogP) is 2.44. The van der Waals surface area contributed by atoms with Crippen LogP contribution in [0.3, 0.4) is 0 Å². The lowest BCUT2D eigenvalue weighted by molar-refractivity contribution is -0.386. The quantitative estimate of drug-likeness (QED) is 0.492. The molecular formula is C9H7F2NO4. The highest BCUT2D eigenvalue weighted by Gasteiger charge is 2.25. The topological polar surface area (TPSA) is 80.4 Å². The van der Waals surface area contributed by atoms with E-state index in [-0.39, 0.29) is 0 Å². The third-order valence-corrected chi connectivity index (χ3v) is 1.93. The van der Waals surface area contributed by atoms with Gasteiger partial charge in [-0.15, -0.1) is 0 Å². The molecule has 0 saturated carbocycles. The van der Waals surface area contributed by atoms with Gasteiger partial charge in [-0.05, 0) is 19.1 Å². The van der Waals surface area contributed by atoms with E-state index < -0.39 is 39.7 Å². The number of nitrogens with zero attached hydrogens (tertiary/aromatic N) is 1. The van der Waals surface area contributed by atoms with Crippen LogP contribution in [-0.4, -0.2) is 15.8 Å². The third kappa shape index (κ3) is 2.13. The lowest BCUT2D eigenvalue weighted by Gasteiger charge is -2.05. The molecule has 1 rings (SSSR count). The summed E-state index contributed by atoms with van der Waals surface area (Å²) in [7, 11) is 0. The molecule has 0 atom stereocenters. The molecular weight excluding hydrogens is 224 g/mol. The van der Waals surface area contributed by atoms with Crippen LogP contribution in [0.5, 0.6) is 5.75 Å². The Bertz CT molecular complexity index is 459. The van der Waals surface area contributed by atoms with Gasteiger partial charge in [0.15, 0.2) is 11.5 Å². The van der Waals surface area contributed by atoms with E-state index in [4.69, 9.17) is 0 Å².